The van der Waals surface area contributed by atoms with E-state index < -0.39 is 19.6 Å². The highest BCUT2D eigenvalue weighted by Crippen LogP contribution is 2.22. The van der Waals surface area contributed by atoms with Crippen molar-refractivity contribution in [3.05, 3.63) is 72.2 Å². The molecular weight excluding hydrogens is 265 g/mol. The Labute approximate surface area is 111 Å². The zero-order valence-electron chi connectivity index (χ0n) is 10.4. The fourth-order valence-corrected chi connectivity index (χ4v) is 5.09. The molecule has 2 aromatic carbocycles. The van der Waals surface area contributed by atoms with Gasteiger partial charge in [-0.3, -0.25) is 0 Å². The molecule has 0 radical (unpaired) electrons. The molecule has 0 aromatic heterocycles. The molecule has 0 saturated heterocycles. The predicted octanol–water partition coefficient (Wildman–Crippen LogP) is 3.50. The number of rotatable bonds is 3. The molecule has 0 spiro atoms. The second-order valence-corrected chi connectivity index (χ2v) is 8.28. The van der Waals surface area contributed by atoms with Crippen LogP contribution < -0.4 is 10.4 Å². The number of hydrogen-bond acceptors (Lipinski definition) is 0. The molecule has 2 aromatic rings. The lowest BCUT2D eigenvalue weighted by molar-refractivity contribution is 0.391. The third-order valence-corrected chi connectivity index (χ3v) is 7.35. The summed E-state index contributed by atoms with van der Waals surface area (Å²) in [6.07, 6.45) is -2.22. The average molecular weight is 278 g/mol. The monoisotopic (exact) mass is 278 g/mol. The standard InChI is InChI=1S/C15H13F3Si/c1-19(15(18)14(16)17,12-8-4-2-5-9-12)13-10-6-3-7-11-13/h2-11H,1H3. The number of hydrogen-bond donors (Lipinski definition) is 0. The van der Waals surface area contributed by atoms with Crippen LogP contribution in [-0.2, 0) is 0 Å². The van der Waals surface area contributed by atoms with Crippen LogP contribution in [-0.4, -0.2) is 8.07 Å². The van der Waals surface area contributed by atoms with Crippen LogP contribution in [0.1, 0.15) is 0 Å². The molecule has 0 N–H and O–H groups in total. The Hall–Kier alpha value is -1.81. The Morgan fingerprint density at radius 1 is 0.737 bits per heavy atom. The average Bonchev–Trinajstić information content (AvgIpc) is 2.47. The highest BCUT2D eigenvalue weighted by Gasteiger charge is 2.40. The van der Waals surface area contributed by atoms with Gasteiger partial charge in [-0.05, 0) is 10.4 Å². The maximum absolute atomic E-state index is 14.1. The number of benzene rings is 2. The van der Waals surface area contributed by atoms with Crippen LogP contribution in [0.4, 0.5) is 13.2 Å². The zero-order valence-corrected chi connectivity index (χ0v) is 11.4. The minimum Gasteiger partial charge on any atom is -0.211 e. The van der Waals surface area contributed by atoms with Gasteiger partial charge >= 0.3 is 0 Å². The van der Waals surface area contributed by atoms with E-state index in [1.807, 2.05) is 0 Å². The van der Waals surface area contributed by atoms with E-state index in [-0.39, 0.29) is 0 Å². The maximum Gasteiger partial charge on any atom is 0.297 e. The van der Waals surface area contributed by atoms with Gasteiger partial charge in [0.2, 0.25) is 0 Å². The fourth-order valence-electron chi connectivity index (χ4n) is 2.15. The summed E-state index contributed by atoms with van der Waals surface area (Å²) in [6, 6.07) is 17.4. The van der Waals surface area contributed by atoms with E-state index in [2.05, 4.69) is 0 Å². The lowest BCUT2D eigenvalue weighted by atomic mass is 10.4. The normalized spacial score (nSPS) is 11.2. The molecule has 0 aliphatic heterocycles. The van der Waals surface area contributed by atoms with Crippen LogP contribution in [0.3, 0.4) is 0 Å². The summed E-state index contributed by atoms with van der Waals surface area (Å²) in [5, 5.41) is 1.26. The van der Waals surface area contributed by atoms with E-state index in [1.165, 1.54) is 0 Å². The first kappa shape index (κ1) is 13.6. The van der Waals surface area contributed by atoms with Crippen molar-refractivity contribution < 1.29 is 13.2 Å². The molecule has 98 valence electrons. The molecule has 0 nitrogen and oxygen atoms in total. The van der Waals surface area contributed by atoms with Crippen molar-refractivity contribution in [1.82, 2.24) is 0 Å². The molecule has 4 heteroatoms. The molecular formula is C15H13F3Si. The minimum atomic E-state index is -3.21. The molecule has 0 bridgehead atoms. The lowest BCUT2D eigenvalue weighted by Crippen LogP contribution is -2.56. The van der Waals surface area contributed by atoms with Crippen LogP contribution in [0.15, 0.2) is 72.2 Å². The molecule has 0 aliphatic rings. The molecule has 2 rings (SSSR count). The van der Waals surface area contributed by atoms with Gasteiger partial charge in [0.1, 0.15) is 0 Å². The summed E-state index contributed by atoms with van der Waals surface area (Å²) in [5.41, 5.74) is -1.27. The highest BCUT2D eigenvalue weighted by molar-refractivity contribution is 7.06. The fraction of sp³-hybridized carbons (Fsp3) is 0.0667. The second-order valence-electron chi connectivity index (χ2n) is 4.43. The van der Waals surface area contributed by atoms with Gasteiger partial charge in [-0.1, -0.05) is 67.2 Å². The van der Waals surface area contributed by atoms with Crippen molar-refractivity contribution in [1.29, 1.82) is 0 Å². The van der Waals surface area contributed by atoms with Crippen LogP contribution in [0.5, 0.6) is 0 Å². The Balaban J connectivity index is 2.68. The Bertz CT molecular complexity index is 535. The van der Waals surface area contributed by atoms with Crippen molar-refractivity contribution in [3.63, 3.8) is 0 Å². The third-order valence-electron chi connectivity index (χ3n) is 3.31. The summed E-state index contributed by atoms with van der Waals surface area (Å²) in [5.74, 6) is 0. The van der Waals surface area contributed by atoms with Gasteiger partial charge in [-0.25, -0.2) is 4.39 Å². The Morgan fingerprint density at radius 3 is 1.42 bits per heavy atom. The van der Waals surface area contributed by atoms with E-state index in [9.17, 15) is 13.2 Å². The van der Waals surface area contributed by atoms with Gasteiger partial charge in [0.05, 0.1) is 0 Å². The van der Waals surface area contributed by atoms with Gasteiger partial charge in [-0.2, -0.15) is 8.78 Å². The van der Waals surface area contributed by atoms with Crippen LogP contribution in [0.25, 0.3) is 0 Å². The SMILES string of the molecule is C[Si](C(F)=C(F)F)(c1ccccc1)c1ccccc1. The number of halogens is 3. The van der Waals surface area contributed by atoms with Crippen LogP contribution in [0.2, 0.25) is 6.55 Å². The van der Waals surface area contributed by atoms with E-state index in [1.54, 1.807) is 67.2 Å². The van der Waals surface area contributed by atoms with Crippen molar-refractivity contribution in [2.75, 3.05) is 0 Å². The lowest BCUT2D eigenvalue weighted by Gasteiger charge is -2.26. The molecule has 19 heavy (non-hydrogen) atoms. The van der Waals surface area contributed by atoms with Gasteiger partial charge in [-0.15, -0.1) is 0 Å². The van der Waals surface area contributed by atoms with E-state index in [0.717, 1.165) is 0 Å². The summed E-state index contributed by atoms with van der Waals surface area (Å²) in [6.45, 7) is 1.60. The smallest absolute Gasteiger partial charge is 0.211 e. The molecule has 0 amide bonds. The van der Waals surface area contributed by atoms with E-state index >= 15 is 0 Å². The highest BCUT2D eigenvalue weighted by atomic mass is 28.3. The summed E-state index contributed by atoms with van der Waals surface area (Å²) in [4.78, 5) is 0. The van der Waals surface area contributed by atoms with E-state index in [0.29, 0.717) is 10.4 Å². The molecule has 0 atom stereocenters. The van der Waals surface area contributed by atoms with Crippen LogP contribution in [0, 0.1) is 0 Å². The van der Waals surface area contributed by atoms with Crippen molar-refractivity contribution in [2.24, 2.45) is 0 Å². The first-order valence-electron chi connectivity index (χ1n) is 5.89. The second kappa shape index (κ2) is 5.44. The molecule has 0 unspecified atom stereocenters. The minimum absolute atomic E-state index is 0.631. The van der Waals surface area contributed by atoms with E-state index in [4.69, 9.17) is 0 Å². The van der Waals surface area contributed by atoms with Crippen molar-refractivity contribution in [3.8, 4) is 0 Å². The first-order valence-corrected chi connectivity index (χ1v) is 8.39. The Kier molecular flexibility index (Phi) is 3.90. The third kappa shape index (κ3) is 2.49. The zero-order chi connectivity index (χ0) is 13.9. The molecule has 0 saturated carbocycles. The van der Waals surface area contributed by atoms with Gasteiger partial charge in [0.15, 0.2) is 13.5 Å². The topological polar surface area (TPSA) is 0 Å². The maximum atomic E-state index is 14.1. The summed E-state index contributed by atoms with van der Waals surface area (Å²) in [7, 11) is -3.21. The van der Waals surface area contributed by atoms with Crippen LogP contribution >= 0.6 is 0 Å². The summed E-state index contributed by atoms with van der Waals surface area (Å²) >= 11 is 0. The Morgan fingerprint density at radius 2 is 1.11 bits per heavy atom. The van der Waals surface area contributed by atoms with Crippen molar-refractivity contribution >= 4 is 18.4 Å². The van der Waals surface area contributed by atoms with Gasteiger partial charge in [0, 0.05) is 0 Å². The van der Waals surface area contributed by atoms with Crippen molar-refractivity contribution in [2.45, 2.75) is 6.55 Å². The van der Waals surface area contributed by atoms with Gasteiger partial charge in [0.25, 0.3) is 6.08 Å². The molecule has 0 fully saturated rings. The first-order chi connectivity index (χ1) is 9.06. The summed E-state index contributed by atoms with van der Waals surface area (Å²) < 4.78 is 39.8. The largest absolute Gasteiger partial charge is 0.297 e. The quantitative estimate of drug-likeness (QED) is 0.754. The molecule has 0 heterocycles. The predicted molar refractivity (Wildman–Crippen MR) is 74.1 cm³/mol. The van der Waals surface area contributed by atoms with Gasteiger partial charge < -0.3 is 0 Å². The molecule has 0 aliphatic carbocycles.